The van der Waals surface area contributed by atoms with Gasteiger partial charge in [-0.25, -0.2) is 8.42 Å². The first-order chi connectivity index (χ1) is 8.72. The van der Waals surface area contributed by atoms with Crippen LogP contribution in [0.15, 0.2) is 10.3 Å². The van der Waals surface area contributed by atoms with Gasteiger partial charge in [-0.2, -0.15) is 0 Å². The summed E-state index contributed by atoms with van der Waals surface area (Å²) in [7, 11) is -3.76. The molecule has 0 fully saturated rings. The zero-order valence-electron chi connectivity index (χ0n) is 10.6. The number of hydrogen-bond donors (Lipinski definition) is 3. The lowest BCUT2D eigenvalue weighted by atomic mass is 10.1. The molecule has 0 amide bonds. The highest BCUT2D eigenvalue weighted by atomic mass is 35.5. The molecule has 0 radical (unpaired) electrons. The SMILES string of the molecule is CC(C)CCNC(=S)NS(=O)(=O)c1sc(Cl)cc1N. The van der Waals surface area contributed by atoms with Crippen molar-refractivity contribution in [3.63, 3.8) is 0 Å². The van der Waals surface area contributed by atoms with E-state index in [-0.39, 0.29) is 15.0 Å². The summed E-state index contributed by atoms with van der Waals surface area (Å²) in [6.07, 6.45) is 0.898. The molecule has 1 aromatic heterocycles. The third-order valence-corrected chi connectivity index (χ3v) is 5.73. The number of hydrogen-bond acceptors (Lipinski definition) is 5. The summed E-state index contributed by atoms with van der Waals surface area (Å²) >= 11 is 11.6. The zero-order chi connectivity index (χ0) is 14.6. The van der Waals surface area contributed by atoms with Crippen molar-refractivity contribution in [3.05, 3.63) is 10.4 Å². The van der Waals surface area contributed by atoms with Gasteiger partial charge in [-0.05, 0) is 30.6 Å². The maximum absolute atomic E-state index is 12.0. The molecule has 9 heteroatoms. The van der Waals surface area contributed by atoms with E-state index < -0.39 is 10.0 Å². The number of anilines is 1. The molecule has 4 N–H and O–H groups in total. The van der Waals surface area contributed by atoms with E-state index in [1.807, 2.05) is 0 Å². The molecule has 5 nitrogen and oxygen atoms in total. The molecule has 0 aliphatic carbocycles. The number of halogens is 1. The summed E-state index contributed by atoms with van der Waals surface area (Å²) in [5.41, 5.74) is 5.70. The molecule has 0 saturated carbocycles. The third kappa shape index (κ3) is 5.13. The van der Waals surface area contributed by atoms with Gasteiger partial charge < -0.3 is 11.1 Å². The monoisotopic (exact) mass is 341 g/mol. The van der Waals surface area contributed by atoms with E-state index in [0.29, 0.717) is 16.8 Å². The normalized spacial score (nSPS) is 11.6. The van der Waals surface area contributed by atoms with Crippen LogP contribution in [0.5, 0.6) is 0 Å². The molecule has 0 bridgehead atoms. The average Bonchev–Trinajstić information content (AvgIpc) is 2.57. The number of thiophene rings is 1. The second-order valence-electron chi connectivity index (χ2n) is 4.34. The fourth-order valence-electron chi connectivity index (χ4n) is 1.25. The Hall–Kier alpha value is -0.570. The van der Waals surface area contributed by atoms with Crippen LogP contribution in [0, 0.1) is 5.92 Å². The first kappa shape index (κ1) is 16.5. The fraction of sp³-hybridized carbons (Fsp3) is 0.500. The Labute approximate surface area is 127 Å². The van der Waals surface area contributed by atoms with Crippen LogP contribution in [0.4, 0.5) is 5.69 Å². The van der Waals surface area contributed by atoms with E-state index in [1.54, 1.807) is 0 Å². The quantitative estimate of drug-likeness (QED) is 0.715. The number of nitrogens with two attached hydrogens (primary N) is 1. The van der Waals surface area contributed by atoms with Crippen LogP contribution in [0.2, 0.25) is 4.34 Å². The smallest absolute Gasteiger partial charge is 0.275 e. The van der Waals surface area contributed by atoms with E-state index in [1.165, 1.54) is 6.07 Å². The number of nitrogens with one attached hydrogen (secondary N) is 2. The predicted octanol–water partition coefficient (Wildman–Crippen LogP) is 2.18. The highest BCUT2D eigenvalue weighted by Crippen LogP contribution is 2.32. The van der Waals surface area contributed by atoms with Gasteiger partial charge in [0.1, 0.15) is 0 Å². The molecular weight excluding hydrogens is 326 g/mol. The van der Waals surface area contributed by atoms with Gasteiger partial charge in [0.2, 0.25) is 0 Å². The summed E-state index contributed by atoms with van der Waals surface area (Å²) < 4.78 is 26.6. The van der Waals surface area contributed by atoms with Gasteiger partial charge in [0.25, 0.3) is 10.0 Å². The first-order valence-corrected chi connectivity index (χ1v) is 8.66. The molecule has 1 heterocycles. The Morgan fingerprint density at radius 3 is 2.68 bits per heavy atom. The largest absolute Gasteiger partial charge is 0.397 e. The van der Waals surface area contributed by atoms with Gasteiger partial charge >= 0.3 is 0 Å². The van der Waals surface area contributed by atoms with Crippen molar-refractivity contribution in [1.82, 2.24) is 10.0 Å². The lowest BCUT2D eigenvalue weighted by molar-refractivity contribution is 0.575. The minimum Gasteiger partial charge on any atom is -0.397 e. The maximum Gasteiger partial charge on any atom is 0.275 e. The summed E-state index contributed by atoms with van der Waals surface area (Å²) in [4.78, 5) is 0. The minimum absolute atomic E-state index is 0.0227. The third-order valence-electron chi connectivity index (χ3n) is 2.17. The van der Waals surface area contributed by atoms with E-state index in [2.05, 4.69) is 23.9 Å². The molecule has 108 valence electrons. The van der Waals surface area contributed by atoms with Crippen LogP contribution < -0.4 is 15.8 Å². The molecule has 19 heavy (non-hydrogen) atoms. The lowest BCUT2D eigenvalue weighted by Crippen LogP contribution is -2.39. The van der Waals surface area contributed by atoms with Crippen molar-refractivity contribution >= 4 is 56.0 Å². The number of rotatable bonds is 5. The molecular formula is C10H16ClN3O2S3. The first-order valence-electron chi connectivity index (χ1n) is 5.58. The van der Waals surface area contributed by atoms with Crippen molar-refractivity contribution in [3.8, 4) is 0 Å². The van der Waals surface area contributed by atoms with Crippen molar-refractivity contribution in [2.24, 2.45) is 5.92 Å². The van der Waals surface area contributed by atoms with Crippen molar-refractivity contribution in [2.45, 2.75) is 24.5 Å². The molecule has 0 spiro atoms. The highest BCUT2D eigenvalue weighted by molar-refractivity contribution is 7.93. The fourth-order valence-corrected chi connectivity index (χ4v) is 4.32. The number of sulfonamides is 1. The summed E-state index contributed by atoms with van der Waals surface area (Å²) in [5, 5.41) is 2.90. The topological polar surface area (TPSA) is 84.2 Å². The summed E-state index contributed by atoms with van der Waals surface area (Å²) in [6, 6.07) is 1.40. The Kier molecular flexibility index (Phi) is 5.84. The molecule has 0 saturated heterocycles. The summed E-state index contributed by atoms with van der Waals surface area (Å²) in [5.74, 6) is 0.513. The van der Waals surface area contributed by atoms with Crippen LogP contribution >= 0.6 is 35.2 Å². The van der Waals surface area contributed by atoms with Crippen LogP contribution in [-0.4, -0.2) is 20.1 Å². The van der Waals surface area contributed by atoms with Crippen molar-refractivity contribution < 1.29 is 8.42 Å². The van der Waals surface area contributed by atoms with Crippen LogP contribution in [0.1, 0.15) is 20.3 Å². The van der Waals surface area contributed by atoms with Crippen molar-refractivity contribution in [2.75, 3.05) is 12.3 Å². The average molecular weight is 342 g/mol. The van der Waals surface area contributed by atoms with Gasteiger partial charge in [0.05, 0.1) is 10.0 Å². The number of nitrogen functional groups attached to an aromatic ring is 1. The van der Waals surface area contributed by atoms with Crippen molar-refractivity contribution in [1.29, 1.82) is 0 Å². The van der Waals surface area contributed by atoms with E-state index in [0.717, 1.165) is 17.8 Å². The minimum atomic E-state index is -3.76. The molecule has 0 aliphatic heterocycles. The lowest BCUT2D eigenvalue weighted by Gasteiger charge is -2.11. The summed E-state index contributed by atoms with van der Waals surface area (Å²) in [6.45, 7) is 4.76. The maximum atomic E-state index is 12.0. The van der Waals surface area contributed by atoms with E-state index in [9.17, 15) is 8.42 Å². The van der Waals surface area contributed by atoms with Gasteiger partial charge in [-0.15, -0.1) is 11.3 Å². The Bertz CT molecular complexity index is 554. The van der Waals surface area contributed by atoms with Gasteiger partial charge in [0, 0.05) is 6.54 Å². The second-order valence-corrected chi connectivity index (χ2v) is 8.31. The van der Waals surface area contributed by atoms with Crippen LogP contribution in [0.25, 0.3) is 0 Å². The van der Waals surface area contributed by atoms with Crippen LogP contribution in [0.3, 0.4) is 0 Å². The Balaban J connectivity index is 2.65. The van der Waals surface area contributed by atoms with E-state index >= 15 is 0 Å². The zero-order valence-corrected chi connectivity index (χ0v) is 13.8. The standard InChI is InChI=1S/C10H16ClN3O2S3/c1-6(2)3-4-13-10(17)14-19(15,16)9-7(12)5-8(11)18-9/h5-6H,3-4,12H2,1-2H3,(H2,13,14,17). The Morgan fingerprint density at radius 1 is 1.58 bits per heavy atom. The van der Waals surface area contributed by atoms with Gasteiger partial charge in [-0.3, -0.25) is 4.72 Å². The molecule has 0 aromatic carbocycles. The molecule has 0 atom stereocenters. The van der Waals surface area contributed by atoms with Gasteiger partial charge in [-0.1, -0.05) is 25.4 Å². The number of thiocarbonyl (C=S) groups is 1. The van der Waals surface area contributed by atoms with Crippen LogP contribution in [-0.2, 0) is 10.0 Å². The van der Waals surface area contributed by atoms with Gasteiger partial charge in [0.15, 0.2) is 9.32 Å². The Morgan fingerprint density at radius 2 is 2.21 bits per heavy atom. The molecule has 0 aliphatic rings. The van der Waals surface area contributed by atoms with E-state index in [4.69, 9.17) is 29.6 Å². The predicted molar refractivity (Wildman–Crippen MR) is 84.1 cm³/mol. The molecule has 1 aromatic rings. The molecule has 1 rings (SSSR count). The molecule has 0 unspecified atom stereocenters. The second kappa shape index (κ2) is 6.74. The highest BCUT2D eigenvalue weighted by Gasteiger charge is 2.21.